The lowest BCUT2D eigenvalue weighted by Gasteiger charge is -2.15. The second-order valence-corrected chi connectivity index (χ2v) is 8.50. The van der Waals surface area contributed by atoms with E-state index in [-0.39, 0.29) is 6.61 Å². The molecule has 168 valence electrons. The van der Waals surface area contributed by atoms with Crippen LogP contribution in [0, 0.1) is 0 Å². The van der Waals surface area contributed by atoms with Gasteiger partial charge in [0.2, 0.25) is 0 Å². The number of nitrogens with zero attached hydrogens (tertiary/aromatic N) is 2. The van der Waals surface area contributed by atoms with Crippen LogP contribution in [0.15, 0.2) is 85.1 Å². The van der Waals surface area contributed by atoms with E-state index >= 15 is 0 Å². The maximum atomic E-state index is 10.3. The third-order valence-corrected chi connectivity index (χ3v) is 6.47. The lowest BCUT2D eigenvalue weighted by Crippen LogP contribution is -1.98. The van der Waals surface area contributed by atoms with Gasteiger partial charge in [0.15, 0.2) is 0 Å². The van der Waals surface area contributed by atoms with Crippen LogP contribution in [-0.2, 0) is 6.61 Å². The van der Waals surface area contributed by atoms with E-state index in [0.29, 0.717) is 26.9 Å². The number of benzene rings is 3. The molecular formula is C28H20Cl2N2O2. The number of aliphatic hydroxyl groups excluding tert-OH is 1. The average molecular weight is 487 g/mol. The molecule has 4 nitrogen and oxygen atoms in total. The Morgan fingerprint density at radius 1 is 0.853 bits per heavy atom. The van der Waals surface area contributed by atoms with Crippen LogP contribution in [0.3, 0.4) is 0 Å². The van der Waals surface area contributed by atoms with Gasteiger partial charge in [-0.15, -0.1) is 0 Å². The predicted octanol–water partition coefficient (Wildman–Crippen LogP) is 7.44. The summed E-state index contributed by atoms with van der Waals surface area (Å²) in [6.07, 6.45) is 1.74. The molecule has 5 aromatic rings. The van der Waals surface area contributed by atoms with Crippen LogP contribution >= 0.6 is 23.2 Å². The summed E-state index contributed by atoms with van der Waals surface area (Å²) in [6.45, 7) is -0.171. The van der Waals surface area contributed by atoms with E-state index in [2.05, 4.69) is 9.97 Å². The fourth-order valence-electron chi connectivity index (χ4n) is 4.16. The maximum Gasteiger partial charge on any atom is 0.139 e. The second kappa shape index (κ2) is 9.43. The van der Waals surface area contributed by atoms with Gasteiger partial charge >= 0.3 is 0 Å². The highest BCUT2D eigenvalue weighted by Gasteiger charge is 2.17. The van der Waals surface area contributed by atoms with E-state index in [1.807, 2.05) is 78.9 Å². The Balaban J connectivity index is 1.69. The summed E-state index contributed by atoms with van der Waals surface area (Å²) in [7, 11) is 1.62. The van der Waals surface area contributed by atoms with Crippen LogP contribution in [-0.4, -0.2) is 22.2 Å². The summed E-state index contributed by atoms with van der Waals surface area (Å²) < 4.78 is 5.36. The van der Waals surface area contributed by atoms with Crippen molar-refractivity contribution in [1.29, 1.82) is 0 Å². The van der Waals surface area contributed by atoms with Crippen LogP contribution in [0.1, 0.15) is 5.56 Å². The molecule has 0 fully saturated rings. The number of aromatic nitrogens is 2. The zero-order chi connectivity index (χ0) is 23.7. The summed E-state index contributed by atoms with van der Waals surface area (Å²) >= 11 is 13.4. The lowest BCUT2D eigenvalue weighted by atomic mass is 9.95. The van der Waals surface area contributed by atoms with E-state index in [9.17, 15) is 5.11 Å². The zero-order valence-corrected chi connectivity index (χ0v) is 19.8. The molecule has 0 radical (unpaired) electrons. The fourth-order valence-corrected chi connectivity index (χ4v) is 4.85. The van der Waals surface area contributed by atoms with Gasteiger partial charge in [0.1, 0.15) is 10.9 Å². The Hall–Kier alpha value is -3.44. The number of aliphatic hydroxyl groups is 1. The quantitative estimate of drug-likeness (QED) is 0.262. The number of halogens is 2. The van der Waals surface area contributed by atoms with Gasteiger partial charge in [-0.05, 0) is 47.0 Å². The van der Waals surface area contributed by atoms with Gasteiger partial charge in [-0.2, -0.15) is 0 Å². The van der Waals surface area contributed by atoms with Crippen molar-refractivity contribution in [2.24, 2.45) is 0 Å². The molecule has 5 rings (SSSR count). The molecule has 0 amide bonds. The first-order chi connectivity index (χ1) is 16.6. The molecule has 0 saturated heterocycles. The van der Waals surface area contributed by atoms with Gasteiger partial charge in [0, 0.05) is 28.3 Å². The smallest absolute Gasteiger partial charge is 0.139 e. The highest BCUT2D eigenvalue weighted by Crippen LogP contribution is 2.40. The minimum Gasteiger partial charge on any atom is -0.497 e. The first kappa shape index (κ1) is 22.4. The molecule has 0 spiro atoms. The molecule has 34 heavy (non-hydrogen) atoms. The maximum absolute atomic E-state index is 10.3. The first-order valence-corrected chi connectivity index (χ1v) is 11.4. The van der Waals surface area contributed by atoms with Gasteiger partial charge in [0.05, 0.1) is 29.9 Å². The van der Waals surface area contributed by atoms with Crippen LogP contribution < -0.4 is 4.74 Å². The van der Waals surface area contributed by atoms with Gasteiger partial charge in [0.25, 0.3) is 0 Å². The van der Waals surface area contributed by atoms with Crippen molar-refractivity contribution in [1.82, 2.24) is 9.97 Å². The summed E-state index contributed by atoms with van der Waals surface area (Å²) in [5, 5.41) is 12.0. The van der Waals surface area contributed by atoms with Crippen LogP contribution in [0.25, 0.3) is 44.4 Å². The third kappa shape index (κ3) is 4.01. The standard InChI is InChI=1S/C28H20Cl2N2O2/c1-34-20-9-5-8-19(14-20)27-23(16-33)21(12-13-31-27)18-10-11-24-22(15-18)26(29)25(28(30)32-24)17-6-3-2-4-7-17/h2-15,33H,16H2,1H3. The Kier molecular flexibility index (Phi) is 6.20. The molecule has 0 aliphatic carbocycles. The van der Waals surface area contributed by atoms with Crippen molar-refractivity contribution < 1.29 is 9.84 Å². The van der Waals surface area contributed by atoms with Gasteiger partial charge < -0.3 is 9.84 Å². The minimum atomic E-state index is -0.171. The van der Waals surface area contributed by atoms with Crippen molar-refractivity contribution in [3.8, 4) is 39.3 Å². The number of ether oxygens (including phenoxy) is 1. The number of methoxy groups -OCH3 is 1. The molecule has 2 heterocycles. The second-order valence-electron chi connectivity index (χ2n) is 7.77. The topological polar surface area (TPSA) is 55.2 Å². The normalized spacial score (nSPS) is 11.1. The van der Waals surface area contributed by atoms with Crippen molar-refractivity contribution in [3.05, 3.63) is 101 Å². The largest absolute Gasteiger partial charge is 0.497 e. The van der Waals surface area contributed by atoms with Crippen molar-refractivity contribution in [3.63, 3.8) is 0 Å². The molecule has 0 bridgehead atoms. The molecule has 0 unspecified atom stereocenters. The molecular weight excluding hydrogens is 467 g/mol. The minimum absolute atomic E-state index is 0.171. The fraction of sp³-hybridized carbons (Fsp3) is 0.0714. The van der Waals surface area contributed by atoms with Crippen LogP contribution in [0.4, 0.5) is 0 Å². The summed E-state index contributed by atoms with van der Waals surface area (Å²) in [6, 6.07) is 25.1. The Labute approximate surface area is 207 Å². The monoisotopic (exact) mass is 486 g/mol. The Bertz CT molecular complexity index is 1500. The van der Waals surface area contributed by atoms with E-state index in [4.69, 9.17) is 27.9 Å². The SMILES string of the molecule is COc1cccc(-c2nccc(-c3ccc4nc(Cl)c(-c5ccccc5)c(Cl)c4c3)c2CO)c1. The molecule has 0 atom stereocenters. The Morgan fingerprint density at radius 3 is 2.41 bits per heavy atom. The molecule has 0 aliphatic rings. The van der Waals surface area contributed by atoms with E-state index in [1.54, 1.807) is 13.3 Å². The highest BCUT2D eigenvalue weighted by atomic mass is 35.5. The first-order valence-electron chi connectivity index (χ1n) is 10.7. The molecule has 6 heteroatoms. The van der Waals surface area contributed by atoms with E-state index < -0.39 is 0 Å². The number of hydrogen-bond acceptors (Lipinski definition) is 4. The van der Waals surface area contributed by atoms with Gasteiger partial charge in [-0.3, -0.25) is 4.98 Å². The zero-order valence-electron chi connectivity index (χ0n) is 18.3. The Morgan fingerprint density at radius 2 is 1.65 bits per heavy atom. The van der Waals surface area contributed by atoms with Crippen molar-refractivity contribution in [2.45, 2.75) is 6.61 Å². The van der Waals surface area contributed by atoms with E-state index in [1.165, 1.54) is 0 Å². The van der Waals surface area contributed by atoms with Crippen LogP contribution in [0.2, 0.25) is 10.2 Å². The summed E-state index contributed by atoms with van der Waals surface area (Å²) in [5.74, 6) is 0.725. The van der Waals surface area contributed by atoms with Crippen molar-refractivity contribution >= 4 is 34.1 Å². The van der Waals surface area contributed by atoms with E-state index in [0.717, 1.165) is 39.0 Å². The van der Waals surface area contributed by atoms with Crippen LogP contribution in [0.5, 0.6) is 5.75 Å². The summed E-state index contributed by atoms with van der Waals surface area (Å²) in [5.41, 5.74) is 6.34. The highest BCUT2D eigenvalue weighted by molar-refractivity contribution is 6.42. The third-order valence-electron chi connectivity index (χ3n) is 5.81. The number of pyridine rings is 2. The molecule has 1 N–H and O–H groups in total. The number of hydrogen-bond donors (Lipinski definition) is 1. The molecule has 0 aliphatic heterocycles. The van der Waals surface area contributed by atoms with Gasteiger partial charge in [-0.1, -0.05) is 71.7 Å². The molecule has 2 aromatic heterocycles. The molecule has 0 saturated carbocycles. The predicted molar refractivity (Wildman–Crippen MR) is 138 cm³/mol. The average Bonchev–Trinajstić information content (AvgIpc) is 2.88. The van der Waals surface area contributed by atoms with Gasteiger partial charge in [-0.25, -0.2) is 4.98 Å². The number of fused-ring (bicyclic) bond motifs is 1. The number of rotatable bonds is 5. The molecule has 3 aromatic carbocycles. The summed E-state index contributed by atoms with van der Waals surface area (Å²) in [4.78, 5) is 9.13. The lowest BCUT2D eigenvalue weighted by molar-refractivity contribution is 0.282. The van der Waals surface area contributed by atoms with Crippen molar-refractivity contribution in [2.75, 3.05) is 7.11 Å².